The van der Waals surface area contributed by atoms with Crippen LogP contribution in [0.5, 0.6) is 0 Å². The third-order valence-electron chi connectivity index (χ3n) is 4.32. The quantitative estimate of drug-likeness (QED) is 0.764. The third kappa shape index (κ3) is 5.70. The van der Waals surface area contributed by atoms with Crippen LogP contribution < -0.4 is 10.6 Å². The van der Waals surface area contributed by atoms with E-state index in [1.54, 1.807) is 24.3 Å². The first-order valence-corrected chi connectivity index (χ1v) is 9.01. The molecule has 0 radical (unpaired) electrons. The number of anilines is 1. The Morgan fingerprint density at radius 2 is 1.69 bits per heavy atom. The van der Waals surface area contributed by atoms with Crippen LogP contribution in [0.3, 0.4) is 0 Å². The molecule has 138 valence electrons. The number of carbonyl (C=O) groups is 2. The fourth-order valence-electron chi connectivity index (χ4n) is 2.69. The van der Waals surface area contributed by atoms with E-state index in [2.05, 4.69) is 10.6 Å². The van der Waals surface area contributed by atoms with Crippen molar-refractivity contribution >= 4 is 17.5 Å². The predicted molar refractivity (Wildman–Crippen MR) is 105 cm³/mol. The molecule has 2 rings (SSSR count). The molecule has 0 bridgehead atoms. The van der Waals surface area contributed by atoms with Crippen LogP contribution in [-0.2, 0) is 4.79 Å². The number of nitrogens with zero attached hydrogens (tertiary/aromatic N) is 1. The number of benzene rings is 2. The molecule has 2 N–H and O–H groups in total. The summed E-state index contributed by atoms with van der Waals surface area (Å²) in [5, 5.41) is 5.84. The summed E-state index contributed by atoms with van der Waals surface area (Å²) in [4.78, 5) is 26.7. The van der Waals surface area contributed by atoms with Gasteiger partial charge < -0.3 is 10.6 Å². The van der Waals surface area contributed by atoms with Crippen molar-refractivity contribution in [3.63, 3.8) is 0 Å². The molecule has 5 nitrogen and oxygen atoms in total. The molecule has 26 heavy (non-hydrogen) atoms. The van der Waals surface area contributed by atoms with Crippen molar-refractivity contribution in [1.82, 2.24) is 10.2 Å². The normalized spacial score (nSPS) is 11.8. The van der Waals surface area contributed by atoms with Gasteiger partial charge in [0.1, 0.15) is 0 Å². The van der Waals surface area contributed by atoms with Crippen LogP contribution in [-0.4, -0.2) is 36.3 Å². The highest BCUT2D eigenvalue weighted by molar-refractivity contribution is 5.97. The van der Waals surface area contributed by atoms with Crippen LogP contribution in [0.4, 0.5) is 5.69 Å². The second-order valence-corrected chi connectivity index (χ2v) is 6.20. The molecule has 0 aliphatic heterocycles. The van der Waals surface area contributed by atoms with Gasteiger partial charge in [0.05, 0.1) is 12.6 Å². The highest BCUT2D eigenvalue weighted by Gasteiger charge is 2.13. The average molecular weight is 353 g/mol. The molecule has 0 spiro atoms. The summed E-state index contributed by atoms with van der Waals surface area (Å²) in [7, 11) is 0. The second-order valence-electron chi connectivity index (χ2n) is 6.20. The van der Waals surface area contributed by atoms with Crippen molar-refractivity contribution in [2.45, 2.75) is 26.8 Å². The zero-order chi connectivity index (χ0) is 18.9. The molecule has 0 saturated carbocycles. The van der Waals surface area contributed by atoms with Gasteiger partial charge in [0, 0.05) is 11.3 Å². The maximum Gasteiger partial charge on any atom is 0.251 e. The second kappa shape index (κ2) is 9.73. The molecule has 2 aromatic carbocycles. The minimum Gasteiger partial charge on any atom is -0.346 e. The molecular weight excluding hydrogens is 326 g/mol. The Balaban J connectivity index is 1.99. The molecule has 2 amide bonds. The zero-order valence-electron chi connectivity index (χ0n) is 15.7. The number of rotatable bonds is 8. The van der Waals surface area contributed by atoms with Crippen molar-refractivity contribution in [1.29, 1.82) is 0 Å². The smallest absolute Gasteiger partial charge is 0.251 e. The van der Waals surface area contributed by atoms with Gasteiger partial charge in [0.2, 0.25) is 5.91 Å². The summed E-state index contributed by atoms with van der Waals surface area (Å²) in [6, 6.07) is 16.7. The van der Waals surface area contributed by atoms with Gasteiger partial charge in [-0.15, -0.1) is 0 Å². The van der Waals surface area contributed by atoms with Gasteiger partial charge in [-0.3, -0.25) is 14.5 Å². The predicted octanol–water partition coefficient (Wildman–Crippen LogP) is 3.46. The topological polar surface area (TPSA) is 61.4 Å². The van der Waals surface area contributed by atoms with E-state index in [0.29, 0.717) is 17.8 Å². The van der Waals surface area contributed by atoms with Gasteiger partial charge in [-0.1, -0.05) is 50.2 Å². The standard InChI is InChI=1S/C21H27N3O2/c1-4-24(5-2)15-20(25)23-19-13-9-12-18(14-19)21(26)22-16(3)17-10-7-6-8-11-17/h6-14,16H,4-5,15H2,1-3H3,(H,22,26)(H,23,25). The lowest BCUT2D eigenvalue weighted by atomic mass is 10.1. The Labute approximate surface area is 155 Å². The molecule has 2 aromatic rings. The van der Waals surface area contributed by atoms with Crippen LogP contribution >= 0.6 is 0 Å². The minimum absolute atomic E-state index is 0.0797. The summed E-state index contributed by atoms with van der Waals surface area (Å²) >= 11 is 0. The molecule has 1 atom stereocenters. The number of likely N-dealkylation sites (N-methyl/N-ethyl adjacent to an activating group) is 1. The van der Waals surface area contributed by atoms with Crippen LogP contribution in [0.2, 0.25) is 0 Å². The summed E-state index contributed by atoms with van der Waals surface area (Å²) in [6.45, 7) is 7.98. The van der Waals surface area contributed by atoms with E-state index in [1.165, 1.54) is 0 Å². The number of hydrogen-bond acceptors (Lipinski definition) is 3. The van der Waals surface area contributed by atoms with Crippen molar-refractivity contribution in [2.24, 2.45) is 0 Å². The van der Waals surface area contributed by atoms with E-state index >= 15 is 0 Å². The number of hydrogen-bond donors (Lipinski definition) is 2. The van der Waals surface area contributed by atoms with E-state index in [9.17, 15) is 9.59 Å². The first kappa shape index (κ1) is 19.7. The van der Waals surface area contributed by atoms with Gasteiger partial charge in [-0.05, 0) is 43.8 Å². The van der Waals surface area contributed by atoms with Crippen molar-refractivity contribution in [2.75, 3.05) is 25.0 Å². The van der Waals surface area contributed by atoms with Gasteiger partial charge in [-0.2, -0.15) is 0 Å². The molecule has 0 fully saturated rings. The highest BCUT2D eigenvalue weighted by Crippen LogP contribution is 2.15. The lowest BCUT2D eigenvalue weighted by Crippen LogP contribution is -2.33. The van der Waals surface area contributed by atoms with Crippen molar-refractivity contribution in [3.8, 4) is 0 Å². The van der Waals surface area contributed by atoms with E-state index in [4.69, 9.17) is 0 Å². The van der Waals surface area contributed by atoms with Crippen molar-refractivity contribution < 1.29 is 9.59 Å². The van der Waals surface area contributed by atoms with Gasteiger partial charge in [-0.25, -0.2) is 0 Å². The van der Waals surface area contributed by atoms with E-state index < -0.39 is 0 Å². The average Bonchev–Trinajstić information content (AvgIpc) is 2.66. The summed E-state index contributed by atoms with van der Waals surface area (Å²) < 4.78 is 0. The maximum absolute atomic E-state index is 12.5. The molecule has 0 aliphatic rings. The van der Waals surface area contributed by atoms with Crippen LogP contribution in [0.25, 0.3) is 0 Å². The Morgan fingerprint density at radius 1 is 1.00 bits per heavy atom. The van der Waals surface area contributed by atoms with E-state index in [-0.39, 0.29) is 17.9 Å². The molecule has 0 heterocycles. The SMILES string of the molecule is CCN(CC)CC(=O)Nc1cccc(C(=O)NC(C)c2ccccc2)c1. The fraction of sp³-hybridized carbons (Fsp3) is 0.333. The number of nitrogens with one attached hydrogen (secondary N) is 2. The van der Waals surface area contributed by atoms with Gasteiger partial charge in [0.15, 0.2) is 0 Å². The lowest BCUT2D eigenvalue weighted by molar-refractivity contribution is -0.117. The van der Waals surface area contributed by atoms with Crippen LogP contribution in [0.1, 0.15) is 42.7 Å². The zero-order valence-corrected chi connectivity index (χ0v) is 15.7. The molecule has 1 unspecified atom stereocenters. The Kier molecular flexibility index (Phi) is 7.36. The first-order chi connectivity index (χ1) is 12.5. The molecular formula is C21H27N3O2. The van der Waals surface area contributed by atoms with E-state index in [0.717, 1.165) is 18.7 Å². The maximum atomic E-state index is 12.5. The fourth-order valence-corrected chi connectivity index (χ4v) is 2.69. The summed E-state index contributed by atoms with van der Waals surface area (Å²) in [5.41, 5.74) is 2.19. The third-order valence-corrected chi connectivity index (χ3v) is 4.32. The highest BCUT2D eigenvalue weighted by atomic mass is 16.2. The Morgan fingerprint density at radius 3 is 2.35 bits per heavy atom. The molecule has 0 aromatic heterocycles. The Hall–Kier alpha value is -2.66. The lowest BCUT2D eigenvalue weighted by Gasteiger charge is -2.17. The monoisotopic (exact) mass is 353 g/mol. The summed E-state index contributed by atoms with van der Waals surface area (Å²) in [6.07, 6.45) is 0. The number of amides is 2. The molecule has 0 aliphatic carbocycles. The van der Waals surface area contributed by atoms with Crippen molar-refractivity contribution in [3.05, 3.63) is 65.7 Å². The minimum atomic E-state index is -0.166. The largest absolute Gasteiger partial charge is 0.346 e. The van der Waals surface area contributed by atoms with Gasteiger partial charge in [0.25, 0.3) is 5.91 Å². The first-order valence-electron chi connectivity index (χ1n) is 9.01. The van der Waals surface area contributed by atoms with Gasteiger partial charge >= 0.3 is 0 Å². The van der Waals surface area contributed by atoms with E-state index in [1.807, 2.05) is 56.0 Å². The summed E-state index contributed by atoms with van der Waals surface area (Å²) in [5.74, 6) is -0.245. The number of carbonyl (C=O) groups excluding carboxylic acids is 2. The molecule has 0 saturated heterocycles. The molecule has 5 heteroatoms. The van der Waals surface area contributed by atoms with Crippen LogP contribution in [0, 0.1) is 0 Å². The Bertz CT molecular complexity index is 727. The van der Waals surface area contributed by atoms with Crippen LogP contribution in [0.15, 0.2) is 54.6 Å².